The first-order chi connectivity index (χ1) is 10.6. The molecule has 1 aromatic carbocycles. The van der Waals surface area contributed by atoms with Gasteiger partial charge in [0, 0.05) is 12.1 Å². The number of rotatable bonds is 3. The van der Waals surface area contributed by atoms with Crippen molar-refractivity contribution in [2.45, 2.75) is 6.10 Å². The Bertz CT molecular complexity index is 669. The quantitative estimate of drug-likeness (QED) is 0.869. The number of ether oxygens (including phenoxy) is 1. The lowest BCUT2D eigenvalue weighted by Gasteiger charge is -2.30. The molecule has 114 valence electrons. The van der Waals surface area contributed by atoms with Gasteiger partial charge in [-0.1, -0.05) is 5.21 Å². The number of amides is 1. The molecule has 1 N–H and O–H groups in total. The predicted molar refractivity (Wildman–Crippen MR) is 74.6 cm³/mol. The van der Waals surface area contributed by atoms with Gasteiger partial charge in [0.1, 0.15) is 0 Å². The van der Waals surface area contributed by atoms with Gasteiger partial charge in [0.2, 0.25) is 0 Å². The molecule has 1 aromatic heterocycles. The zero-order valence-corrected chi connectivity index (χ0v) is 11.6. The molecule has 0 radical (unpaired) electrons. The molecule has 0 saturated carbocycles. The van der Waals surface area contributed by atoms with Crippen LogP contribution in [0.5, 0.6) is 0 Å². The smallest absolute Gasteiger partial charge is 0.334 e. The van der Waals surface area contributed by atoms with E-state index in [1.165, 1.54) is 4.90 Å². The molecule has 1 aliphatic rings. The molecule has 2 heterocycles. The summed E-state index contributed by atoms with van der Waals surface area (Å²) >= 11 is 0. The minimum Gasteiger partial charge on any atom is -0.479 e. The summed E-state index contributed by atoms with van der Waals surface area (Å²) in [6.45, 7) is 0.659. The molecule has 1 fully saturated rings. The van der Waals surface area contributed by atoms with Crippen LogP contribution >= 0.6 is 0 Å². The average Bonchev–Trinajstić information content (AvgIpc) is 3.09. The molecule has 0 aliphatic carbocycles. The molecule has 8 heteroatoms. The van der Waals surface area contributed by atoms with Crippen molar-refractivity contribution in [3.05, 3.63) is 42.2 Å². The van der Waals surface area contributed by atoms with Gasteiger partial charge in [-0.15, -0.1) is 5.10 Å². The van der Waals surface area contributed by atoms with Crippen molar-refractivity contribution in [2.24, 2.45) is 0 Å². The number of hydrogen-bond donors (Lipinski definition) is 1. The number of carboxylic acid groups (broad SMARTS) is 1. The van der Waals surface area contributed by atoms with Crippen molar-refractivity contribution in [3.8, 4) is 5.69 Å². The summed E-state index contributed by atoms with van der Waals surface area (Å²) < 4.78 is 6.70. The van der Waals surface area contributed by atoms with Crippen LogP contribution in [0.3, 0.4) is 0 Å². The Hall–Kier alpha value is -2.74. The first-order valence-electron chi connectivity index (χ1n) is 6.75. The number of aromatic nitrogens is 3. The van der Waals surface area contributed by atoms with E-state index >= 15 is 0 Å². The highest BCUT2D eigenvalue weighted by Crippen LogP contribution is 2.13. The summed E-state index contributed by atoms with van der Waals surface area (Å²) in [5.41, 5.74) is 1.29. The number of carbonyl (C=O) groups excluding carboxylic acids is 1. The second kappa shape index (κ2) is 5.94. The van der Waals surface area contributed by atoms with E-state index in [0.29, 0.717) is 12.1 Å². The van der Waals surface area contributed by atoms with E-state index < -0.39 is 12.1 Å². The molecule has 2 aromatic rings. The van der Waals surface area contributed by atoms with Gasteiger partial charge in [-0.2, -0.15) is 0 Å². The van der Waals surface area contributed by atoms with Gasteiger partial charge < -0.3 is 14.7 Å². The number of aliphatic carboxylic acids is 1. The third-order valence-corrected chi connectivity index (χ3v) is 3.43. The lowest BCUT2D eigenvalue weighted by Crippen LogP contribution is -2.48. The second-order valence-electron chi connectivity index (χ2n) is 4.84. The Morgan fingerprint density at radius 2 is 2.05 bits per heavy atom. The summed E-state index contributed by atoms with van der Waals surface area (Å²) in [4.78, 5) is 24.9. The van der Waals surface area contributed by atoms with Crippen LogP contribution in [0.2, 0.25) is 0 Å². The van der Waals surface area contributed by atoms with Crippen molar-refractivity contribution >= 4 is 11.9 Å². The van der Waals surface area contributed by atoms with E-state index in [1.807, 2.05) is 0 Å². The van der Waals surface area contributed by atoms with Crippen LogP contribution in [-0.4, -0.2) is 62.7 Å². The minimum atomic E-state index is -1.06. The Kier molecular flexibility index (Phi) is 3.84. The zero-order chi connectivity index (χ0) is 15.5. The molecule has 1 aliphatic heterocycles. The van der Waals surface area contributed by atoms with Crippen molar-refractivity contribution < 1.29 is 19.4 Å². The van der Waals surface area contributed by atoms with Crippen LogP contribution in [0.4, 0.5) is 0 Å². The highest BCUT2D eigenvalue weighted by molar-refractivity contribution is 5.94. The average molecular weight is 302 g/mol. The predicted octanol–water partition coefficient (Wildman–Crippen LogP) is 0.193. The van der Waals surface area contributed by atoms with Crippen molar-refractivity contribution in [1.82, 2.24) is 19.9 Å². The molecule has 1 saturated heterocycles. The Morgan fingerprint density at radius 3 is 2.68 bits per heavy atom. The molecule has 1 atom stereocenters. The third-order valence-electron chi connectivity index (χ3n) is 3.43. The van der Waals surface area contributed by atoms with Gasteiger partial charge >= 0.3 is 5.97 Å². The third kappa shape index (κ3) is 2.82. The number of carbonyl (C=O) groups is 2. The topological polar surface area (TPSA) is 97.6 Å². The van der Waals surface area contributed by atoms with Crippen molar-refractivity contribution in [1.29, 1.82) is 0 Å². The van der Waals surface area contributed by atoms with Crippen LogP contribution in [0, 0.1) is 0 Å². The maximum absolute atomic E-state index is 12.4. The Morgan fingerprint density at radius 1 is 1.27 bits per heavy atom. The van der Waals surface area contributed by atoms with Crippen LogP contribution in [0.15, 0.2) is 36.7 Å². The minimum absolute atomic E-state index is 0.0546. The molecular weight excluding hydrogens is 288 g/mol. The fourth-order valence-corrected chi connectivity index (χ4v) is 2.27. The summed E-state index contributed by atoms with van der Waals surface area (Å²) in [5.74, 6) is -1.27. The normalized spacial score (nSPS) is 18.2. The monoisotopic (exact) mass is 302 g/mol. The maximum atomic E-state index is 12.4. The SMILES string of the molecule is O=C(O)C1CN(C(=O)c2ccc(-n3ccnn3)cc2)CCO1. The summed E-state index contributed by atoms with van der Waals surface area (Å²) in [5, 5.41) is 16.6. The fourth-order valence-electron chi connectivity index (χ4n) is 2.27. The van der Waals surface area contributed by atoms with E-state index in [0.717, 1.165) is 5.69 Å². The van der Waals surface area contributed by atoms with Gasteiger partial charge in [-0.05, 0) is 24.3 Å². The van der Waals surface area contributed by atoms with Crippen molar-refractivity contribution in [3.63, 3.8) is 0 Å². The highest BCUT2D eigenvalue weighted by atomic mass is 16.5. The van der Waals surface area contributed by atoms with E-state index in [1.54, 1.807) is 41.3 Å². The number of benzene rings is 1. The Balaban J connectivity index is 1.73. The standard InChI is InChI=1S/C14H14N4O4/c19-13(17-7-8-22-12(9-17)14(20)21)10-1-3-11(4-2-10)18-6-5-15-16-18/h1-6,12H,7-9H2,(H,20,21). The van der Waals surface area contributed by atoms with Crippen LogP contribution in [-0.2, 0) is 9.53 Å². The maximum Gasteiger partial charge on any atom is 0.334 e. The van der Waals surface area contributed by atoms with Gasteiger partial charge in [0.05, 0.1) is 31.2 Å². The van der Waals surface area contributed by atoms with Gasteiger partial charge in [-0.3, -0.25) is 4.79 Å². The summed E-state index contributed by atoms with van der Waals surface area (Å²) in [6, 6.07) is 6.89. The number of hydrogen-bond acceptors (Lipinski definition) is 5. The lowest BCUT2D eigenvalue weighted by molar-refractivity contribution is -0.154. The number of nitrogens with zero attached hydrogens (tertiary/aromatic N) is 4. The van der Waals surface area contributed by atoms with E-state index in [-0.39, 0.29) is 19.1 Å². The zero-order valence-electron chi connectivity index (χ0n) is 11.6. The molecule has 1 unspecified atom stereocenters. The first-order valence-corrected chi connectivity index (χ1v) is 6.75. The number of morpholine rings is 1. The van der Waals surface area contributed by atoms with Crippen molar-refractivity contribution in [2.75, 3.05) is 19.7 Å². The van der Waals surface area contributed by atoms with Crippen LogP contribution < -0.4 is 0 Å². The largest absolute Gasteiger partial charge is 0.479 e. The van der Waals surface area contributed by atoms with Crippen LogP contribution in [0.1, 0.15) is 10.4 Å². The van der Waals surface area contributed by atoms with Gasteiger partial charge in [-0.25, -0.2) is 9.48 Å². The van der Waals surface area contributed by atoms with E-state index in [2.05, 4.69) is 10.3 Å². The van der Waals surface area contributed by atoms with E-state index in [4.69, 9.17) is 9.84 Å². The van der Waals surface area contributed by atoms with Crippen LogP contribution in [0.25, 0.3) is 5.69 Å². The lowest BCUT2D eigenvalue weighted by atomic mass is 10.1. The molecule has 22 heavy (non-hydrogen) atoms. The van der Waals surface area contributed by atoms with Gasteiger partial charge in [0.25, 0.3) is 5.91 Å². The summed E-state index contributed by atoms with van der Waals surface area (Å²) in [7, 11) is 0. The molecule has 1 amide bonds. The molecular formula is C14H14N4O4. The molecule has 8 nitrogen and oxygen atoms in total. The number of carboxylic acids is 1. The molecule has 0 bridgehead atoms. The van der Waals surface area contributed by atoms with E-state index in [9.17, 15) is 9.59 Å². The Labute approximate surface area is 125 Å². The molecule has 3 rings (SSSR count). The fraction of sp³-hybridized carbons (Fsp3) is 0.286. The van der Waals surface area contributed by atoms with Gasteiger partial charge in [0.15, 0.2) is 6.10 Å². The first kappa shape index (κ1) is 14.2. The molecule has 0 spiro atoms. The second-order valence-corrected chi connectivity index (χ2v) is 4.84. The summed E-state index contributed by atoms with van der Waals surface area (Å²) in [6.07, 6.45) is 2.31. The highest BCUT2D eigenvalue weighted by Gasteiger charge is 2.29.